The summed E-state index contributed by atoms with van der Waals surface area (Å²) >= 11 is 0. The number of nitrogens with two attached hydrogens (primary N) is 2. The molecule has 0 unspecified atom stereocenters. The Bertz CT molecular complexity index is 1420. The summed E-state index contributed by atoms with van der Waals surface area (Å²) < 4.78 is 0. The second kappa shape index (κ2) is 12.8. The minimum Gasteiger partial charge on any atom is -0.508 e. The van der Waals surface area contributed by atoms with Crippen molar-refractivity contribution >= 4 is 34.0 Å². The van der Waals surface area contributed by atoms with E-state index in [2.05, 4.69) is 24.9 Å². The van der Waals surface area contributed by atoms with Crippen LogP contribution in [0.1, 0.15) is 11.1 Å². The van der Waals surface area contributed by atoms with Gasteiger partial charge in [-0.3, -0.25) is 9.59 Å². The van der Waals surface area contributed by atoms with E-state index < -0.39 is 24.0 Å². The van der Waals surface area contributed by atoms with Gasteiger partial charge in [-0.15, -0.1) is 0 Å². The first-order valence-electron chi connectivity index (χ1n) is 11.1. The van der Waals surface area contributed by atoms with Gasteiger partial charge in [-0.25, -0.2) is 15.0 Å². The quantitative estimate of drug-likeness (QED) is 0.177. The molecule has 0 aliphatic carbocycles. The van der Waals surface area contributed by atoms with Gasteiger partial charge in [-0.1, -0.05) is 30.3 Å². The smallest absolute Gasteiger partial charge is 0.320 e. The van der Waals surface area contributed by atoms with Gasteiger partial charge in [0.2, 0.25) is 0 Å². The molecule has 0 amide bonds. The molecule has 0 saturated carbocycles. The predicted molar refractivity (Wildman–Crippen MR) is 137 cm³/mol. The van der Waals surface area contributed by atoms with E-state index in [0.717, 1.165) is 27.5 Å². The molecule has 2 aromatic carbocycles. The lowest BCUT2D eigenvalue weighted by Crippen LogP contribution is -2.32. The van der Waals surface area contributed by atoms with Crippen molar-refractivity contribution in [1.82, 2.24) is 24.9 Å². The monoisotopic (exact) mass is 505 g/mol. The molecule has 3 aromatic heterocycles. The predicted octanol–water partition coefficient (Wildman–Crippen LogP) is 1.82. The van der Waals surface area contributed by atoms with Crippen LogP contribution in [0.2, 0.25) is 0 Å². The number of carboxylic acids is 2. The maximum atomic E-state index is 10.6. The van der Waals surface area contributed by atoms with E-state index in [1.165, 1.54) is 18.5 Å². The van der Waals surface area contributed by atoms with Gasteiger partial charge in [0, 0.05) is 23.5 Å². The molecule has 192 valence electrons. The highest BCUT2D eigenvalue weighted by molar-refractivity contribution is 5.84. The SMILES string of the molecule is N[C@@H](Cc1c[nH]c2ccccc12)C(=O)O.N[C@@H](Cc1ccc(O)cc1)C(=O)O.c1ncc2[nH]cnc2n1. The first-order valence-corrected chi connectivity index (χ1v) is 11.1. The third kappa shape index (κ3) is 7.85. The molecule has 37 heavy (non-hydrogen) atoms. The van der Waals surface area contributed by atoms with Crippen LogP contribution < -0.4 is 11.5 Å². The number of aliphatic carboxylic acids is 2. The van der Waals surface area contributed by atoms with Gasteiger partial charge in [-0.05, 0) is 35.7 Å². The second-order valence-corrected chi connectivity index (χ2v) is 7.99. The molecule has 0 aliphatic rings. The fraction of sp³-hybridized carbons (Fsp3) is 0.160. The van der Waals surface area contributed by atoms with Gasteiger partial charge in [0.25, 0.3) is 0 Å². The average molecular weight is 506 g/mol. The van der Waals surface area contributed by atoms with E-state index in [9.17, 15) is 9.59 Å². The fourth-order valence-electron chi connectivity index (χ4n) is 3.29. The lowest BCUT2D eigenvalue weighted by molar-refractivity contribution is -0.139. The average Bonchev–Trinajstić information content (AvgIpc) is 3.53. The van der Waals surface area contributed by atoms with E-state index in [1.807, 2.05) is 30.5 Å². The van der Waals surface area contributed by atoms with Crippen molar-refractivity contribution in [3.8, 4) is 5.75 Å². The van der Waals surface area contributed by atoms with E-state index in [0.29, 0.717) is 12.1 Å². The van der Waals surface area contributed by atoms with Crippen LogP contribution in [0.3, 0.4) is 0 Å². The molecule has 0 fully saturated rings. The number of carbonyl (C=O) groups is 2. The maximum Gasteiger partial charge on any atom is 0.320 e. The van der Waals surface area contributed by atoms with E-state index >= 15 is 0 Å². The molecule has 3 heterocycles. The van der Waals surface area contributed by atoms with Gasteiger partial charge >= 0.3 is 11.9 Å². The Labute approximate surface area is 211 Å². The molecule has 5 aromatic rings. The molecular weight excluding hydrogens is 478 g/mol. The molecule has 0 saturated heterocycles. The Morgan fingerprint density at radius 3 is 2.22 bits per heavy atom. The number of aromatic nitrogens is 5. The first kappa shape index (κ1) is 26.8. The van der Waals surface area contributed by atoms with Crippen LogP contribution in [0.5, 0.6) is 5.75 Å². The Balaban J connectivity index is 0.000000159. The molecule has 0 bridgehead atoms. The number of aromatic amines is 2. The Kier molecular flexibility index (Phi) is 9.24. The number of fused-ring (bicyclic) bond motifs is 2. The number of phenols is 1. The number of carboxylic acid groups (broad SMARTS) is 2. The first-order chi connectivity index (χ1) is 17.7. The zero-order valence-corrected chi connectivity index (χ0v) is 19.7. The van der Waals surface area contributed by atoms with E-state index in [-0.39, 0.29) is 12.2 Å². The number of phenolic OH excluding ortho intramolecular Hbond substituents is 1. The fourth-order valence-corrected chi connectivity index (χ4v) is 3.29. The summed E-state index contributed by atoms with van der Waals surface area (Å²) in [4.78, 5) is 38.6. The summed E-state index contributed by atoms with van der Waals surface area (Å²) in [5.41, 5.74) is 15.1. The normalized spacial score (nSPS) is 12.1. The Hall–Kier alpha value is -4.81. The van der Waals surface area contributed by atoms with Crippen molar-refractivity contribution in [3.05, 3.63) is 84.7 Å². The maximum absolute atomic E-state index is 10.6. The van der Waals surface area contributed by atoms with Gasteiger partial charge in [0.1, 0.15) is 29.7 Å². The minimum atomic E-state index is -1.02. The number of nitrogens with one attached hydrogen (secondary N) is 2. The molecule has 0 aliphatic heterocycles. The molecule has 5 rings (SSSR count). The number of nitrogens with zero attached hydrogens (tertiary/aromatic N) is 3. The zero-order valence-electron chi connectivity index (χ0n) is 19.7. The van der Waals surface area contributed by atoms with Gasteiger partial charge in [-0.2, -0.15) is 0 Å². The number of imidazole rings is 1. The van der Waals surface area contributed by atoms with Crippen molar-refractivity contribution in [3.63, 3.8) is 0 Å². The van der Waals surface area contributed by atoms with Gasteiger partial charge in [0.15, 0.2) is 5.65 Å². The Morgan fingerprint density at radius 2 is 1.54 bits per heavy atom. The van der Waals surface area contributed by atoms with Crippen LogP contribution >= 0.6 is 0 Å². The summed E-state index contributed by atoms with van der Waals surface area (Å²) in [6, 6.07) is 12.3. The summed E-state index contributed by atoms with van der Waals surface area (Å²) in [7, 11) is 0. The molecular formula is C25H27N7O5. The number of benzene rings is 2. The summed E-state index contributed by atoms with van der Waals surface area (Å²) in [6.45, 7) is 0. The van der Waals surface area contributed by atoms with Crippen LogP contribution in [-0.2, 0) is 22.4 Å². The second-order valence-electron chi connectivity index (χ2n) is 7.99. The number of hydrogen-bond donors (Lipinski definition) is 7. The molecule has 12 nitrogen and oxygen atoms in total. The number of H-pyrrole nitrogens is 2. The van der Waals surface area contributed by atoms with Crippen LogP contribution in [0.25, 0.3) is 22.1 Å². The summed E-state index contributed by atoms with van der Waals surface area (Å²) in [6.07, 6.45) is 7.19. The zero-order chi connectivity index (χ0) is 26.8. The van der Waals surface area contributed by atoms with Crippen molar-refractivity contribution < 1.29 is 24.9 Å². The highest BCUT2D eigenvalue weighted by atomic mass is 16.4. The lowest BCUT2D eigenvalue weighted by Gasteiger charge is -2.05. The van der Waals surface area contributed by atoms with Crippen molar-refractivity contribution in [2.24, 2.45) is 11.5 Å². The highest BCUT2D eigenvalue weighted by Crippen LogP contribution is 2.18. The van der Waals surface area contributed by atoms with Gasteiger partial charge in [0.05, 0.1) is 12.5 Å². The molecule has 9 N–H and O–H groups in total. The van der Waals surface area contributed by atoms with Crippen LogP contribution in [0.15, 0.2) is 73.6 Å². The third-order valence-electron chi connectivity index (χ3n) is 5.24. The molecule has 12 heteroatoms. The third-order valence-corrected chi connectivity index (χ3v) is 5.24. The highest BCUT2D eigenvalue weighted by Gasteiger charge is 2.14. The van der Waals surface area contributed by atoms with Crippen LogP contribution in [0, 0.1) is 0 Å². The Morgan fingerprint density at radius 1 is 0.865 bits per heavy atom. The molecule has 0 radical (unpaired) electrons. The largest absolute Gasteiger partial charge is 0.508 e. The van der Waals surface area contributed by atoms with Crippen LogP contribution in [-0.4, -0.2) is 64.3 Å². The number of hydrogen-bond acceptors (Lipinski definition) is 8. The van der Waals surface area contributed by atoms with E-state index in [4.69, 9.17) is 26.8 Å². The number of para-hydroxylation sites is 1. The molecule has 0 spiro atoms. The van der Waals surface area contributed by atoms with Crippen LogP contribution in [0.4, 0.5) is 0 Å². The van der Waals surface area contributed by atoms with Gasteiger partial charge < -0.3 is 36.8 Å². The van der Waals surface area contributed by atoms with Crippen molar-refractivity contribution in [2.45, 2.75) is 24.9 Å². The molecule has 2 atom stereocenters. The minimum absolute atomic E-state index is 0.160. The topological polar surface area (TPSA) is 217 Å². The summed E-state index contributed by atoms with van der Waals surface area (Å²) in [5.74, 6) is -1.83. The number of rotatable bonds is 6. The number of aromatic hydroxyl groups is 1. The lowest BCUT2D eigenvalue weighted by atomic mass is 10.1. The van der Waals surface area contributed by atoms with Crippen molar-refractivity contribution in [2.75, 3.05) is 0 Å². The summed E-state index contributed by atoms with van der Waals surface area (Å²) in [5, 5.41) is 27.2. The van der Waals surface area contributed by atoms with E-state index in [1.54, 1.807) is 24.7 Å². The van der Waals surface area contributed by atoms with Crippen molar-refractivity contribution in [1.29, 1.82) is 0 Å². The standard InChI is InChI=1S/C11H12N2O2.C9H11NO3.C5H4N4/c12-9(11(14)15)5-7-6-13-10-4-2-1-3-8(7)10;10-8(9(12)13)5-6-1-3-7(11)4-2-6;1-4-5(8-2-6-1)9-3-7-4/h1-4,6,9,13H,5,12H2,(H,14,15);1-4,8,11H,5,10H2,(H,12,13);1-3H,(H,6,7,8,9)/t9-;8-;/m00./s1.